The summed E-state index contributed by atoms with van der Waals surface area (Å²) in [6, 6.07) is 8.46. The Morgan fingerprint density at radius 3 is 2.14 bits per heavy atom. The molecule has 0 aliphatic carbocycles. The second-order valence-corrected chi connectivity index (χ2v) is 6.28. The molecule has 3 nitrogen and oxygen atoms in total. The van der Waals surface area contributed by atoms with E-state index < -0.39 is 0 Å². The molecule has 0 unspecified atom stereocenters. The molecule has 22 heavy (non-hydrogen) atoms. The summed E-state index contributed by atoms with van der Waals surface area (Å²) in [7, 11) is 1.71. The van der Waals surface area contributed by atoms with Gasteiger partial charge in [-0.25, -0.2) is 0 Å². The van der Waals surface area contributed by atoms with Gasteiger partial charge in [0, 0.05) is 12.5 Å². The lowest BCUT2D eigenvalue weighted by molar-refractivity contribution is -0.176. The average molecular weight is 308 g/mol. The Balaban J connectivity index is 0.00000116. The van der Waals surface area contributed by atoms with E-state index in [-0.39, 0.29) is 11.0 Å². The van der Waals surface area contributed by atoms with Gasteiger partial charge in [0.15, 0.2) is 0 Å². The first-order valence-corrected chi connectivity index (χ1v) is 8.31. The van der Waals surface area contributed by atoms with Gasteiger partial charge in [0.25, 0.3) is 0 Å². The van der Waals surface area contributed by atoms with Crippen LogP contribution in [0.2, 0.25) is 0 Å². The minimum atomic E-state index is -0.274. The van der Waals surface area contributed by atoms with E-state index in [1.807, 2.05) is 13.8 Å². The number of ether oxygens (including phenoxy) is 3. The van der Waals surface area contributed by atoms with E-state index in [9.17, 15) is 0 Å². The van der Waals surface area contributed by atoms with Crippen molar-refractivity contribution < 1.29 is 14.2 Å². The van der Waals surface area contributed by atoms with Crippen LogP contribution in [0.25, 0.3) is 0 Å². The molecule has 0 saturated carbocycles. The van der Waals surface area contributed by atoms with Gasteiger partial charge in [-0.3, -0.25) is 0 Å². The molecule has 0 amide bonds. The number of rotatable bonds is 7. The Morgan fingerprint density at radius 2 is 1.73 bits per heavy atom. The third-order valence-electron chi connectivity index (χ3n) is 4.27. The zero-order chi connectivity index (χ0) is 16.6. The summed E-state index contributed by atoms with van der Waals surface area (Å²) in [5.41, 5.74) is 2.34. The van der Waals surface area contributed by atoms with Crippen LogP contribution in [0.5, 0.6) is 0 Å². The molecule has 0 bridgehead atoms. The highest BCUT2D eigenvalue weighted by Crippen LogP contribution is 2.35. The molecule has 1 aromatic rings. The van der Waals surface area contributed by atoms with Gasteiger partial charge in [0.2, 0.25) is 0 Å². The smallest absolute Gasteiger partial charge is 0.0875 e. The van der Waals surface area contributed by atoms with E-state index in [1.54, 1.807) is 7.11 Å². The topological polar surface area (TPSA) is 27.7 Å². The van der Waals surface area contributed by atoms with E-state index in [2.05, 4.69) is 45.0 Å². The summed E-state index contributed by atoms with van der Waals surface area (Å²) in [4.78, 5) is 0. The van der Waals surface area contributed by atoms with Crippen LogP contribution in [0, 0.1) is 5.41 Å². The van der Waals surface area contributed by atoms with E-state index >= 15 is 0 Å². The Kier molecular flexibility index (Phi) is 7.54. The maximum Gasteiger partial charge on any atom is 0.0875 e. The predicted octanol–water partition coefficient (Wildman–Crippen LogP) is 4.54. The molecule has 1 saturated heterocycles. The maximum atomic E-state index is 6.20. The van der Waals surface area contributed by atoms with Gasteiger partial charge in [-0.05, 0) is 31.4 Å². The molecule has 0 N–H and O–H groups in total. The van der Waals surface area contributed by atoms with E-state index in [1.165, 1.54) is 11.1 Å². The Labute approximate surface area is 136 Å². The molecular weight excluding hydrogens is 276 g/mol. The second kappa shape index (κ2) is 8.66. The lowest BCUT2D eigenvalue weighted by atomic mass is 9.84. The van der Waals surface area contributed by atoms with Crippen LogP contribution in [0.4, 0.5) is 0 Å². The van der Waals surface area contributed by atoms with Crippen molar-refractivity contribution in [2.24, 2.45) is 5.41 Å². The fourth-order valence-electron chi connectivity index (χ4n) is 2.37. The molecule has 2 rings (SSSR count). The van der Waals surface area contributed by atoms with Gasteiger partial charge < -0.3 is 14.2 Å². The van der Waals surface area contributed by atoms with Gasteiger partial charge in [-0.1, -0.05) is 45.0 Å². The molecular formula is C19H32O3. The zero-order valence-electron chi connectivity index (χ0n) is 15.1. The minimum absolute atomic E-state index is 0.229. The first-order valence-electron chi connectivity index (χ1n) is 8.31. The van der Waals surface area contributed by atoms with Crippen LogP contribution < -0.4 is 0 Å². The number of hydrogen-bond donors (Lipinski definition) is 0. The van der Waals surface area contributed by atoms with Crippen molar-refractivity contribution in [3.05, 3.63) is 35.4 Å². The molecule has 126 valence electrons. The fraction of sp³-hybridized carbons (Fsp3) is 0.684. The molecule has 3 heteroatoms. The second-order valence-electron chi connectivity index (χ2n) is 6.28. The van der Waals surface area contributed by atoms with Crippen molar-refractivity contribution in [2.75, 3.05) is 26.9 Å². The third kappa shape index (κ3) is 4.80. The predicted molar refractivity (Wildman–Crippen MR) is 91.0 cm³/mol. The minimum Gasteiger partial charge on any atom is -0.380 e. The van der Waals surface area contributed by atoms with Crippen molar-refractivity contribution in [1.29, 1.82) is 0 Å². The molecule has 0 radical (unpaired) electrons. The highest BCUT2D eigenvalue weighted by Gasteiger charge is 2.39. The van der Waals surface area contributed by atoms with Gasteiger partial charge in [0.1, 0.15) is 0 Å². The number of hydrogen-bond acceptors (Lipinski definition) is 3. The summed E-state index contributed by atoms with van der Waals surface area (Å²) in [5, 5.41) is 0. The fourth-order valence-corrected chi connectivity index (χ4v) is 2.37. The van der Waals surface area contributed by atoms with Crippen LogP contribution in [0.3, 0.4) is 0 Å². The lowest BCUT2D eigenvalue weighted by Gasteiger charge is -2.42. The SMILES string of the molecule is CC.CCC1(COC(C)(C)c2ccc(COC)cc2)COC1. The summed E-state index contributed by atoms with van der Waals surface area (Å²) in [6.07, 6.45) is 1.11. The van der Waals surface area contributed by atoms with Crippen molar-refractivity contribution in [3.8, 4) is 0 Å². The molecule has 0 spiro atoms. The Hall–Kier alpha value is -0.900. The van der Waals surface area contributed by atoms with Crippen LogP contribution >= 0.6 is 0 Å². The first kappa shape index (κ1) is 19.1. The molecule has 1 aliphatic rings. The Morgan fingerprint density at radius 1 is 1.14 bits per heavy atom. The standard InChI is InChI=1S/C17H26O3.C2H6/c1-5-17(11-19-12-17)13-20-16(2,3)15-8-6-14(7-9-15)10-18-4;1-2/h6-9H,5,10-13H2,1-4H3;1-2H3. The number of methoxy groups -OCH3 is 1. The Bertz CT molecular complexity index is 413. The monoisotopic (exact) mass is 308 g/mol. The highest BCUT2D eigenvalue weighted by atomic mass is 16.5. The van der Waals surface area contributed by atoms with Crippen molar-refractivity contribution >= 4 is 0 Å². The van der Waals surface area contributed by atoms with Gasteiger partial charge >= 0.3 is 0 Å². The largest absolute Gasteiger partial charge is 0.380 e. The van der Waals surface area contributed by atoms with E-state index in [0.717, 1.165) is 26.2 Å². The number of benzene rings is 1. The van der Waals surface area contributed by atoms with Crippen molar-refractivity contribution in [3.63, 3.8) is 0 Å². The van der Waals surface area contributed by atoms with Gasteiger partial charge in [0.05, 0.1) is 32.0 Å². The van der Waals surface area contributed by atoms with Crippen LogP contribution in [-0.2, 0) is 26.4 Å². The van der Waals surface area contributed by atoms with Crippen LogP contribution in [0.1, 0.15) is 52.2 Å². The van der Waals surface area contributed by atoms with Gasteiger partial charge in [-0.2, -0.15) is 0 Å². The summed E-state index contributed by atoms with van der Waals surface area (Å²) in [5.74, 6) is 0. The molecule has 1 aromatic carbocycles. The summed E-state index contributed by atoms with van der Waals surface area (Å²) in [6.45, 7) is 13.5. The molecule has 0 aromatic heterocycles. The van der Waals surface area contributed by atoms with Crippen LogP contribution in [0.15, 0.2) is 24.3 Å². The highest BCUT2D eigenvalue weighted by molar-refractivity contribution is 5.26. The maximum absolute atomic E-state index is 6.20. The quantitative estimate of drug-likeness (QED) is 0.740. The van der Waals surface area contributed by atoms with Crippen LogP contribution in [-0.4, -0.2) is 26.9 Å². The van der Waals surface area contributed by atoms with Crippen molar-refractivity contribution in [1.82, 2.24) is 0 Å². The first-order chi connectivity index (χ1) is 10.5. The molecule has 1 fully saturated rings. The summed E-state index contributed by atoms with van der Waals surface area (Å²) >= 11 is 0. The zero-order valence-corrected chi connectivity index (χ0v) is 15.1. The molecule has 1 aliphatic heterocycles. The average Bonchev–Trinajstić information content (AvgIpc) is 2.49. The van der Waals surface area contributed by atoms with E-state index in [4.69, 9.17) is 14.2 Å². The third-order valence-corrected chi connectivity index (χ3v) is 4.27. The molecule has 1 heterocycles. The normalized spacial score (nSPS) is 16.5. The van der Waals surface area contributed by atoms with E-state index in [0.29, 0.717) is 6.61 Å². The molecule has 0 atom stereocenters. The summed E-state index contributed by atoms with van der Waals surface area (Å²) < 4.78 is 16.7. The van der Waals surface area contributed by atoms with Crippen molar-refractivity contribution in [2.45, 2.75) is 53.2 Å². The van der Waals surface area contributed by atoms with Gasteiger partial charge in [-0.15, -0.1) is 0 Å². The lowest BCUT2D eigenvalue weighted by Crippen LogP contribution is -2.47.